The highest BCUT2D eigenvalue weighted by molar-refractivity contribution is 6.18. The van der Waals surface area contributed by atoms with Crippen LogP contribution >= 0.6 is 23.2 Å². The Bertz CT molecular complexity index is 519. The van der Waals surface area contributed by atoms with E-state index in [0.29, 0.717) is 11.8 Å². The lowest BCUT2D eigenvalue weighted by Gasteiger charge is -2.20. The quantitative estimate of drug-likeness (QED) is 0.687. The van der Waals surface area contributed by atoms with Crippen molar-refractivity contribution < 1.29 is 9.59 Å². The number of pyridine rings is 1. The number of alkyl halides is 2. The van der Waals surface area contributed by atoms with Crippen LogP contribution in [0.5, 0.6) is 0 Å². The van der Waals surface area contributed by atoms with E-state index in [1.807, 2.05) is 27.7 Å². The molecule has 2 amide bonds. The third-order valence-corrected chi connectivity index (χ3v) is 4.45. The van der Waals surface area contributed by atoms with Crippen LogP contribution in [0.25, 0.3) is 0 Å². The van der Waals surface area contributed by atoms with Crippen LogP contribution in [0, 0.1) is 11.8 Å². The molecule has 0 saturated carbocycles. The van der Waals surface area contributed by atoms with Gasteiger partial charge in [0.25, 0.3) is 11.8 Å². The van der Waals surface area contributed by atoms with Crippen molar-refractivity contribution in [2.45, 2.75) is 39.8 Å². The molecule has 0 unspecified atom stereocenters. The van der Waals surface area contributed by atoms with Gasteiger partial charge in [-0.2, -0.15) is 0 Å². The predicted molar refractivity (Wildman–Crippen MR) is 97.9 cm³/mol. The average Bonchev–Trinajstić information content (AvgIpc) is 2.56. The van der Waals surface area contributed by atoms with Gasteiger partial charge >= 0.3 is 0 Å². The molecule has 0 aliphatic heterocycles. The van der Waals surface area contributed by atoms with Gasteiger partial charge in [-0.3, -0.25) is 9.59 Å². The van der Waals surface area contributed by atoms with E-state index in [9.17, 15) is 9.59 Å². The number of carbonyl (C=O) groups is 2. The molecule has 0 aliphatic rings. The molecule has 0 spiro atoms. The maximum atomic E-state index is 12.3. The first-order valence-electron chi connectivity index (χ1n) is 8.00. The number of hydrogen-bond acceptors (Lipinski definition) is 3. The van der Waals surface area contributed by atoms with Crippen molar-refractivity contribution in [2.75, 3.05) is 11.8 Å². The first kappa shape index (κ1) is 20.7. The zero-order valence-corrected chi connectivity index (χ0v) is 16.0. The molecule has 5 nitrogen and oxygen atoms in total. The van der Waals surface area contributed by atoms with Crippen LogP contribution in [0.2, 0.25) is 0 Å². The van der Waals surface area contributed by atoms with Crippen LogP contribution in [-0.4, -0.2) is 40.6 Å². The molecule has 1 aromatic heterocycles. The fourth-order valence-electron chi connectivity index (χ4n) is 1.94. The number of aromatic nitrogens is 1. The second-order valence-electron chi connectivity index (χ2n) is 6.36. The van der Waals surface area contributed by atoms with Crippen LogP contribution in [-0.2, 0) is 0 Å². The van der Waals surface area contributed by atoms with E-state index in [-0.39, 0.29) is 47.1 Å². The summed E-state index contributed by atoms with van der Waals surface area (Å²) in [5, 5.41) is 5.67. The lowest BCUT2D eigenvalue weighted by Crippen LogP contribution is -2.41. The van der Waals surface area contributed by atoms with Crippen LogP contribution in [0.4, 0.5) is 0 Å². The summed E-state index contributed by atoms with van der Waals surface area (Å²) in [6, 6.07) is 4.46. The van der Waals surface area contributed by atoms with Crippen LogP contribution in [0.1, 0.15) is 48.7 Å². The molecule has 0 radical (unpaired) electrons. The minimum Gasteiger partial charge on any atom is -0.347 e. The number of hydrogen-bond donors (Lipinski definition) is 2. The highest BCUT2D eigenvalue weighted by Crippen LogP contribution is 2.08. The Balaban J connectivity index is 2.86. The summed E-state index contributed by atoms with van der Waals surface area (Å²) in [5.41, 5.74) is 0.371. The van der Waals surface area contributed by atoms with Gasteiger partial charge in [-0.15, -0.1) is 23.2 Å². The summed E-state index contributed by atoms with van der Waals surface area (Å²) in [6.45, 7) is 7.90. The van der Waals surface area contributed by atoms with Gasteiger partial charge in [-0.1, -0.05) is 33.8 Å². The van der Waals surface area contributed by atoms with E-state index in [0.717, 1.165) is 0 Å². The first-order valence-corrected chi connectivity index (χ1v) is 9.07. The maximum Gasteiger partial charge on any atom is 0.270 e. The Morgan fingerprint density at radius 2 is 1.29 bits per heavy atom. The summed E-state index contributed by atoms with van der Waals surface area (Å²) >= 11 is 11.7. The minimum atomic E-state index is -0.346. The fraction of sp³-hybridized carbons (Fsp3) is 0.588. The number of rotatable bonds is 8. The van der Waals surface area contributed by atoms with Gasteiger partial charge in [-0.05, 0) is 24.0 Å². The normalized spacial score (nSPS) is 13.7. The van der Waals surface area contributed by atoms with Crippen molar-refractivity contribution >= 4 is 35.0 Å². The van der Waals surface area contributed by atoms with Gasteiger partial charge in [-0.25, -0.2) is 4.98 Å². The minimum absolute atomic E-state index is 0.153. The lowest BCUT2D eigenvalue weighted by atomic mass is 10.1. The van der Waals surface area contributed by atoms with Gasteiger partial charge < -0.3 is 10.6 Å². The summed E-state index contributed by atoms with van der Waals surface area (Å²) in [5.74, 6) is 0.343. The topological polar surface area (TPSA) is 71.1 Å². The van der Waals surface area contributed by atoms with Crippen LogP contribution in [0.3, 0.4) is 0 Å². The number of nitrogens with one attached hydrogen (secondary N) is 2. The summed E-state index contributed by atoms with van der Waals surface area (Å²) < 4.78 is 0. The number of amides is 2. The van der Waals surface area contributed by atoms with Gasteiger partial charge in [0.2, 0.25) is 0 Å². The zero-order chi connectivity index (χ0) is 18.3. The molecular formula is C17H25Cl2N3O2. The Morgan fingerprint density at radius 3 is 1.58 bits per heavy atom. The van der Waals surface area contributed by atoms with Crippen molar-refractivity contribution in [1.29, 1.82) is 0 Å². The molecule has 1 rings (SSSR count). The monoisotopic (exact) mass is 373 g/mol. The molecule has 2 atom stereocenters. The molecule has 7 heteroatoms. The van der Waals surface area contributed by atoms with Crippen molar-refractivity contribution in [3.63, 3.8) is 0 Å². The number of halogens is 2. The Kier molecular flexibility index (Phi) is 8.50. The molecule has 0 aliphatic carbocycles. The van der Waals surface area contributed by atoms with E-state index in [2.05, 4.69) is 15.6 Å². The summed E-state index contributed by atoms with van der Waals surface area (Å²) in [6.07, 6.45) is 0. The smallest absolute Gasteiger partial charge is 0.270 e. The molecule has 24 heavy (non-hydrogen) atoms. The van der Waals surface area contributed by atoms with E-state index < -0.39 is 0 Å². The molecular weight excluding hydrogens is 349 g/mol. The third-order valence-electron chi connectivity index (χ3n) is 3.79. The van der Waals surface area contributed by atoms with Crippen molar-refractivity contribution in [1.82, 2.24) is 15.6 Å². The van der Waals surface area contributed by atoms with Gasteiger partial charge in [0.15, 0.2) is 0 Å². The fourth-order valence-corrected chi connectivity index (χ4v) is 2.81. The molecule has 0 bridgehead atoms. The average molecular weight is 374 g/mol. The Labute approximate surface area is 153 Å². The van der Waals surface area contributed by atoms with E-state index in [1.54, 1.807) is 18.2 Å². The third kappa shape index (κ3) is 5.95. The molecule has 0 fully saturated rings. The highest BCUT2D eigenvalue weighted by Gasteiger charge is 2.20. The molecule has 2 N–H and O–H groups in total. The number of carbonyl (C=O) groups excluding carboxylic acids is 2. The highest BCUT2D eigenvalue weighted by atomic mass is 35.5. The van der Waals surface area contributed by atoms with Crippen molar-refractivity contribution in [3.8, 4) is 0 Å². The van der Waals surface area contributed by atoms with Crippen LogP contribution < -0.4 is 10.6 Å². The first-order chi connectivity index (χ1) is 11.3. The van der Waals surface area contributed by atoms with Crippen LogP contribution in [0.15, 0.2) is 18.2 Å². The largest absolute Gasteiger partial charge is 0.347 e. The van der Waals surface area contributed by atoms with E-state index in [4.69, 9.17) is 23.2 Å². The summed E-state index contributed by atoms with van der Waals surface area (Å²) in [7, 11) is 0. The zero-order valence-electron chi connectivity index (χ0n) is 14.5. The maximum absolute atomic E-state index is 12.3. The Hall–Kier alpha value is -1.33. The van der Waals surface area contributed by atoms with Gasteiger partial charge in [0.1, 0.15) is 11.4 Å². The van der Waals surface area contributed by atoms with E-state index >= 15 is 0 Å². The molecule has 134 valence electrons. The molecule has 0 aromatic carbocycles. The molecule has 0 saturated heterocycles. The molecule has 1 heterocycles. The van der Waals surface area contributed by atoms with Crippen molar-refractivity contribution in [3.05, 3.63) is 29.6 Å². The van der Waals surface area contributed by atoms with Gasteiger partial charge in [0.05, 0.1) is 0 Å². The Morgan fingerprint density at radius 1 is 0.917 bits per heavy atom. The van der Waals surface area contributed by atoms with Gasteiger partial charge in [0, 0.05) is 23.8 Å². The second-order valence-corrected chi connectivity index (χ2v) is 6.98. The lowest BCUT2D eigenvalue weighted by molar-refractivity contribution is 0.0921. The van der Waals surface area contributed by atoms with E-state index in [1.165, 1.54) is 0 Å². The predicted octanol–water partition coefficient (Wildman–Crippen LogP) is 3.07. The van der Waals surface area contributed by atoms with Crippen molar-refractivity contribution in [2.24, 2.45) is 11.8 Å². The SMILES string of the molecule is CC(C)[C@@H](CCl)NC(=O)c1cccc(C(=O)N[C@H](CCl)C(C)C)n1. The summed E-state index contributed by atoms with van der Waals surface area (Å²) in [4.78, 5) is 28.7. The number of nitrogens with zero attached hydrogens (tertiary/aromatic N) is 1. The molecule has 1 aromatic rings. The standard InChI is InChI=1S/C17H25Cl2N3O2/c1-10(2)14(8-18)21-16(23)12-6-5-7-13(20-12)17(24)22-15(9-19)11(3)4/h5-7,10-11,14-15H,8-9H2,1-4H3,(H,21,23)(H,22,24)/t14-,15-/m1/s1. The second kappa shape index (κ2) is 9.84.